The number of hydrogen-bond donors (Lipinski definition) is 2. The highest BCUT2D eigenvalue weighted by Crippen LogP contribution is 2.44. The topological polar surface area (TPSA) is 67.4 Å². The molecular formula is C25H22N2O3. The third-order valence-electron chi connectivity index (χ3n) is 5.61. The number of nitrogens with one attached hydrogen (secondary N) is 2. The Kier molecular flexibility index (Phi) is 4.51. The Morgan fingerprint density at radius 2 is 1.53 bits per heavy atom. The molecule has 1 heterocycles. The van der Waals surface area contributed by atoms with Crippen LogP contribution in [-0.2, 0) is 4.79 Å². The number of aryl methyl sites for hydroxylation is 1. The van der Waals surface area contributed by atoms with E-state index in [0.29, 0.717) is 22.7 Å². The quantitative estimate of drug-likeness (QED) is 0.666. The van der Waals surface area contributed by atoms with Crippen LogP contribution in [0.5, 0.6) is 11.5 Å². The van der Waals surface area contributed by atoms with Crippen LogP contribution < -0.4 is 15.4 Å². The monoisotopic (exact) mass is 398 g/mol. The van der Waals surface area contributed by atoms with E-state index in [1.165, 1.54) is 0 Å². The zero-order valence-electron chi connectivity index (χ0n) is 16.6. The summed E-state index contributed by atoms with van der Waals surface area (Å²) >= 11 is 0. The summed E-state index contributed by atoms with van der Waals surface area (Å²) in [6.07, 6.45) is 2.06. The number of para-hydroxylation sites is 2. The van der Waals surface area contributed by atoms with E-state index in [9.17, 15) is 9.59 Å². The maximum absolute atomic E-state index is 13.4. The summed E-state index contributed by atoms with van der Waals surface area (Å²) in [6, 6.07) is 20.9. The highest BCUT2D eigenvalue weighted by molar-refractivity contribution is 6.02. The van der Waals surface area contributed by atoms with Crippen LogP contribution in [0.2, 0.25) is 0 Å². The van der Waals surface area contributed by atoms with Gasteiger partial charge in [0.25, 0.3) is 5.91 Å². The first-order chi connectivity index (χ1) is 14.6. The van der Waals surface area contributed by atoms with Gasteiger partial charge in [-0.15, -0.1) is 0 Å². The molecule has 0 bridgehead atoms. The van der Waals surface area contributed by atoms with Gasteiger partial charge in [0.15, 0.2) is 0 Å². The van der Waals surface area contributed by atoms with E-state index in [4.69, 9.17) is 4.74 Å². The van der Waals surface area contributed by atoms with Crippen LogP contribution in [0, 0.1) is 6.92 Å². The van der Waals surface area contributed by atoms with Crippen molar-refractivity contribution in [2.75, 3.05) is 5.32 Å². The van der Waals surface area contributed by atoms with E-state index in [1.54, 1.807) is 12.1 Å². The molecule has 0 unspecified atom stereocenters. The molecule has 3 aromatic rings. The van der Waals surface area contributed by atoms with Crippen LogP contribution in [0.1, 0.15) is 45.8 Å². The molecule has 150 valence electrons. The average Bonchev–Trinajstić information content (AvgIpc) is 3.57. The van der Waals surface area contributed by atoms with Gasteiger partial charge in [-0.1, -0.05) is 42.5 Å². The molecule has 0 radical (unpaired) electrons. The third kappa shape index (κ3) is 3.43. The predicted molar refractivity (Wildman–Crippen MR) is 115 cm³/mol. The summed E-state index contributed by atoms with van der Waals surface area (Å²) in [7, 11) is 0. The predicted octanol–water partition coefficient (Wildman–Crippen LogP) is 4.76. The lowest BCUT2D eigenvalue weighted by molar-refractivity contribution is -0.116. The van der Waals surface area contributed by atoms with Gasteiger partial charge in [-0.25, -0.2) is 0 Å². The number of hydrogen-bond acceptors (Lipinski definition) is 3. The molecule has 3 aromatic carbocycles. The van der Waals surface area contributed by atoms with Crippen molar-refractivity contribution in [1.29, 1.82) is 0 Å². The van der Waals surface area contributed by atoms with Gasteiger partial charge < -0.3 is 15.4 Å². The Hall–Kier alpha value is -3.60. The van der Waals surface area contributed by atoms with Gasteiger partial charge in [-0.3, -0.25) is 9.59 Å². The van der Waals surface area contributed by atoms with E-state index in [1.807, 2.05) is 61.5 Å². The van der Waals surface area contributed by atoms with Crippen LogP contribution in [0.15, 0.2) is 66.7 Å². The lowest BCUT2D eigenvalue weighted by Gasteiger charge is -2.27. The Labute approximate surface area is 175 Å². The largest absolute Gasteiger partial charge is 0.457 e. The Balaban J connectivity index is 1.47. The first-order valence-corrected chi connectivity index (χ1v) is 10.2. The number of amides is 2. The summed E-state index contributed by atoms with van der Waals surface area (Å²) in [5.41, 5.74) is 3.75. The molecule has 1 aliphatic carbocycles. The van der Waals surface area contributed by atoms with Gasteiger partial charge in [0.2, 0.25) is 5.91 Å². The number of benzene rings is 3. The molecule has 0 spiro atoms. The highest BCUT2D eigenvalue weighted by Gasteiger charge is 2.32. The van der Waals surface area contributed by atoms with E-state index < -0.39 is 5.92 Å². The van der Waals surface area contributed by atoms with E-state index >= 15 is 0 Å². The highest BCUT2D eigenvalue weighted by atomic mass is 16.5. The first-order valence-electron chi connectivity index (χ1n) is 10.2. The summed E-state index contributed by atoms with van der Waals surface area (Å²) in [4.78, 5) is 25.9. The Morgan fingerprint density at radius 1 is 0.900 bits per heavy atom. The fourth-order valence-electron chi connectivity index (χ4n) is 3.79. The molecule has 2 aliphatic rings. The summed E-state index contributed by atoms with van der Waals surface area (Å²) < 4.78 is 5.99. The van der Waals surface area contributed by atoms with Crippen molar-refractivity contribution in [2.24, 2.45) is 0 Å². The zero-order valence-corrected chi connectivity index (χ0v) is 16.6. The first kappa shape index (κ1) is 18.4. The lowest BCUT2D eigenvalue weighted by Crippen LogP contribution is -2.27. The van der Waals surface area contributed by atoms with Crippen molar-refractivity contribution in [3.8, 4) is 11.5 Å². The minimum atomic E-state index is -0.491. The minimum absolute atomic E-state index is 0.102. The molecule has 1 fully saturated rings. The maximum atomic E-state index is 13.4. The standard InChI is InChI=1S/C25H22N2O3/c1-15-10-11-16(24(28)26-17-12-13-17)14-20(15)27-25(29)23-18-6-2-4-8-21(18)30-22-9-5-3-7-19(22)23/h2-11,14,17,23H,12-13H2,1H3,(H,26,28)(H,27,29). The normalized spacial score (nSPS) is 14.8. The number of fused-ring (bicyclic) bond motifs is 2. The van der Waals surface area contributed by atoms with Gasteiger partial charge >= 0.3 is 0 Å². The van der Waals surface area contributed by atoms with Crippen LogP contribution in [0.3, 0.4) is 0 Å². The van der Waals surface area contributed by atoms with Gasteiger partial charge in [0.1, 0.15) is 11.5 Å². The van der Waals surface area contributed by atoms with Crippen molar-refractivity contribution in [2.45, 2.75) is 31.7 Å². The molecule has 0 saturated heterocycles. The summed E-state index contributed by atoms with van der Waals surface area (Å²) in [5, 5.41) is 6.04. The maximum Gasteiger partial charge on any atom is 0.251 e. The SMILES string of the molecule is Cc1ccc(C(=O)NC2CC2)cc1NC(=O)C1c2ccccc2Oc2ccccc21. The fraction of sp³-hybridized carbons (Fsp3) is 0.200. The van der Waals surface area contributed by atoms with Crippen molar-refractivity contribution < 1.29 is 14.3 Å². The fourth-order valence-corrected chi connectivity index (χ4v) is 3.79. The van der Waals surface area contributed by atoms with Crippen molar-refractivity contribution in [1.82, 2.24) is 5.32 Å². The second kappa shape index (κ2) is 7.34. The number of carbonyl (C=O) groups excluding carboxylic acids is 2. The molecule has 1 aliphatic heterocycles. The van der Waals surface area contributed by atoms with Crippen molar-refractivity contribution in [3.05, 3.63) is 89.0 Å². The molecule has 2 amide bonds. The second-order valence-corrected chi connectivity index (χ2v) is 7.88. The second-order valence-electron chi connectivity index (χ2n) is 7.88. The van der Waals surface area contributed by atoms with Gasteiger partial charge in [0, 0.05) is 28.4 Å². The summed E-state index contributed by atoms with van der Waals surface area (Å²) in [5.74, 6) is 0.626. The molecule has 0 atom stereocenters. The third-order valence-corrected chi connectivity index (χ3v) is 5.61. The van der Waals surface area contributed by atoms with Crippen LogP contribution >= 0.6 is 0 Å². The Morgan fingerprint density at radius 3 is 2.17 bits per heavy atom. The van der Waals surface area contributed by atoms with Gasteiger partial charge in [-0.2, -0.15) is 0 Å². The van der Waals surface area contributed by atoms with Gasteiger partial charge in [0.05, 0.1) is 5.92 Å². The number of ether oxygens (including phenoxy) is 1. The van der Waals surface area contributed by atoms with Crippen LogP contribution in [0.4, 0.5) is 5.69 Å². The molecule has 0 aromatic heterocycles. The van der Waals surface area contributed by atoms with Crippen molar-refractivity contribution >= 4 is 17.5 Å². The number of anilines is 1. The van der Waals surface area contributed by atoms with Gasteiger partial charge in [-0.05, 0) is 49.6 Å². The average molecular weight is 398 g/mol. The smallest absolute Gasteiger partial charge is 0.251 e. The minimum Gasteiger partial charge on any atom is -0.457 e. The molecule has 5 rings (SSSR count). The molecular weight excluding hydrogens is 376 g/mol. The number of rotatable bonds is 4. The zero-order chi connectivity index (χ0) is 20.7. The Bertz CT molecular complexity index is 1110. The molecule has 2 N–H and O–H groups in total. The lowest BCUT2D eigenvalue weighted by atomic mass is 9.87. The molecule has 5 heteroatoms. The number of carbonyl (C=O) groups is 2. The van der Waals surface area contributed by atoms with E-state index in [-0.39, 0.29) is 17.9 Å². The molecule has 5 nitrogen and oxygen atoms in total. The molecule has 1 saturated carbocycles. The van der Waals surface area contributed by atoms with Crippen LogP contribution in [0.25, 0.3) is 0 Å². The van der Waals surface area contributed by atoms with E-state index in [0.717, 1.165) is 29.5 Å². The summed E-state index contributed by atoms with van der Waals surface area (Å²) in [6.45, 7) is 1.92. The van der Waals surface area contributed by atoms with Crippen molar-refractivity contribution in [3.63, 3.8) is 0 Å². The van der Waals surface area contributed by atoms with E-state index in [2.05, 4.69) is 10.6 Å². The molecule has 30 heavy (non-hydrogen) atoms. The van der Waals surface area contributed by atoms with Crippen LogP contribution in [-0.4, -0.2) is 17.9 Å².